The summed E-state index contributed by atoms with van der Waals surface area (Å²) < 4.78 is 0. The topological polar surface area (TPSA) is 6.48 Å². The van der Waals surface area contributed by atoms with Gasteiger partial charge in [-0.3, -0.25) is 0 Å². The Hall–Kier alpha value is -6.64. The van der Waals surface area contributed by atoms with Crippen molar-refractivity contribution in [1.29, 1.82) is 0 Å². The lowest BCUT2D eigenvalue weighted by Gasteiger charge is -2.29. The zero-order valence-electron chi connectivity index (χ0n) is 27.5. The Bertz CT molecular complexity index is 2540. The van der Waals surface area contributed by atoms with Crippen LogP contribution in [0.25, 0.3) is 43.4 Å². The van der Waals surface area contributed by atoms with Gasteiger partial charge in [0.25, 0.3) is 0 Å². The molecule has 0 radical (unpaired) electrons. The van der Waals surface area contributed by atoms with E-state index in [4.69, 9.17) is 0 Å². The molecule has 2 heteroatoms. The number of hydrogen-bond donors (Lipinski definition) is 0. The first-order valence-corrected chi connectivity index (χ1v) is 17.1. The summed E-state index contributed by atoms with van der Waals surface area (Å²) in [6.45, 7) is 0. The Morgan fingerprint density at radius 1 is 0.260 bits per heavy atom. The van der Waals surface area contributed by atoms with Gasteiger partial charge in [0.1, 0.15) is 0 Å². The highest BCUT2D eigenvalue weighted by Crippen LogP contribution is 2.45. The molecule has 0 aliphatic carbocycles. The number of fused-ring (bicyclic) bond motifs is 4. The van der Waals surface area contributed by atoms with Crippen LogP contribution in [-0.4, -0.2) is 0 Å². The molecule has 0 saturated heterocycles. The second kappa shape index (κ2) is 12.8. The van der Waals surface area contributed by atoms with E-state index in [1.54, 1.807) is 0 Å². The molecule has 0 bridgehead atoms. The van der Waals surface area contributed by atoms with Gasteiger partial charge in [-0.25, -0.2) is 0 Å². The molecule has 236 valence electrons. The lowest BCUT2D eigenvalue weighted by atomic mass is 9.93. The molecule has 0 aliphatic heterocycles. The average molecular weight is 639 g/mol. The second-order valence-corrected chi connectivity index (χ2v) is 12.6. The van der Waals surface area contributed by atoms with Gasteiger partial charge >= 0.3 is 0 Å². The van der Waals surface area contributed by atoms with Crippen molar-refractivity contribution in [1.82, 2.24) is 0 Å². The number of nitrogens with zero attached hydrogens (tertiary/aromatic N) is 2. The average Bonchev–Trinajstić information content (AvgIpc) is 3.20. The molecule has 9 rings (SSSR count). The number of benzene rings is 9. The highest BCUT2D eigenvalue weighted by atomic mass is 15.2. The van der Waals surface area contributed by atoms with E-state index >= 15 is 0 Å². The van der Waals surface area contributed by atoms with Crippen LogP contribution in [0.4, 0.5) is 34.1 Å². The number of hydrogen-bond acceptors (Lipinski definition) is 2. The largest absolute Gasteiger partial charge is 0.310 e. The Morgan fingerprint density at radius 2 is 0.660 bits per heavy atom. The smallest absolute Gasteiger partial charge is 0.0540 e. The lowest BCUT2D eigenvalue weighted by Crippen LogP contribution is -2.12. The van der Waals surface area contributed by atoms with E-state index in [1.165, 1.54) is 43.4 Å². The summed E-state index contributed by atoms with van der Waals surface area (Å²) in [5.41, 5.74) is 9.15. The molecule has 0 atom stereocenters. The first kappa shape index (κ1) is 29.5. The van der Waals surface area contributed by atoms with E-state index in [9.17, 15) is 0 Å². The van der Waals surface area contributed by atoms with Crippen molar-refractivity contribution in [3.05, 3.63) is 206 Å². The van der Waals surface area contributed by atoms with Crippen molar-refractivity contribution in [2.75, 3.05) is 9.80 Å². The van der Waals surface area contributed by atoms with Crippen LogP contribution in [0, 0.1) is 0 Å². The van der Waals surface area contributed by atoms with Crippen LogP contribution in [0.1, 0.15) is 0 Å². The first-order chi connectivity index (χ1) is 24.8. The van der Waals surface area contributed by atoms with E-state index in [-0.39, 0.29) is 0 Å². The van der Waals surface area contributed by atoms with Crippen LogP contribution < -0.4 is 9.80 Å². The molecule has 0 amide bonds. The van der Waals surface area contributed by atoms with Gasteiger partial charge in [-0.15, -0.1) is 0 Å². The lowest BCUT2D eigenvalue weighted by molar-refractivity contribution is 1.28. The zero-order valence-corrected chi connectivity index (χ0v) is 27.5. The van der Waals surface area contributed by atoms with Crippen LogP contribution in [0.3, 0.4) is 0 Å². The first-order valence-electron chi connectivity index (χ1n) is 17.1. The molecule has 9 aromatic carbocycles. The standard InChI is InChI=1S/C48H34N2/c1-4-17-37(18-5-1)49(38-19-6-2-7-20-38)47-28-14-27-45-44(47)26-15-29-48(45)50(39-21-8-3-9-22-39)40-32-30-35(31-33-40)46-34-36-16-10-11-23-41(36)42-24-12-13-25-43(42)46/h1-34H. The summed E-state index contributed by atoms with van der Waals surface area (Å²) in [4.78, 5) is 4.73. The summed E-state index contributed by atoms with van der Waals surface area (Å²) >= 11 is 0. The molecule has 0 fully saturated rings. The van der Waals surface area contributed by atoms with Crippen LogP contribution in [-0.2, 0) is 0 Å². The third-order valence-corrected chi connectivity index (χ3v) is 9.61. The number of para-hydroxylation sites is 3. The number of anilines is 6. The number of rotatable bonds is 7. The highest BCUT2D eigenvalue weighted by Gasteiger charge is 2.20. The molecule has 9 aromatic rings. The van der Waals surface area contributed by atoms with Gasteiger partial charge in [-0.05, 0) is 99.4 Å². The summed E-state index contributed by atoms with van der Waals surface area (Å²) in [6.07, 6.45) is 0. The van der Waals surface area contributed by atoms with Crippen LogP contribution in [0.2, 0.25) is 0 Å². The maximum Gasteiger partial charge on any atom is 0.0540 e. The Balaban J connectivity index is 1.20. The van der Waals surface area contributed by atoms with Crippen LogP contribution >= 0.6 is 0 Å². The van der Waals surface area contributed by atoms with Gasteiger partial charge in [0.05, 0.1) is 11.4 Å². The normalized spacial score (nSPS) is 11.2. The third-order valence-electron chi connectivity index (χ3n) is 9.61. The maximum absolute atomic E-state index is 2.38. The van der Waals surface area contributed by atoms with Crippen molar-refractivity contribution in [2.45, 2.75) is 0 Å². The summed E-state index contributed by atoms with van der Waals surface area (Å²) in [6, 6.07) is 74.0. The molecule has 0 aromatic heterocycles. The Kier molecular flexibility index (Phi) is 7.53. The van der Waals surface area contributed by atoms with E-state index in [2.05, 4.69) is 216 Å². The molecular formula is C48H34N2. The molecule has 2 nitrogen and oxygen atoms in total. The van der Waals surface area contributed by atoms with E-state index in [1.807, 2.05) is 0 Å². The summed E-state index contributed by atoms with van der Waals surface area (Å²) in [7, 11) is 0. The molecule has 0 N–H and O–H groups in total. The Labute approximate surface area is 292 Å². The van der Waals surface area contributed by atoms with Crippen molar-refractivity contribution >= 4 is 66.4 Å². The van der Waals surface area contributed by atoms with Gasteiger partial charge in [0.15, 0.2) is 0 Å². The minimum Gasteiger partial charge on any atom is -0.310 e. The minimum absolute atomic E-state index is 1.10. The fraction of sp³-hybridized carbons (Fsp3) is 0. The third kappa shape index (κ3) is 5.24. The van der Waals surface area contributed by atoms with Gasteiger partial charge in [-0.2, -0.15) is 0 Å². The van der Waals surface area contributed by atoms with Crippen LogP contribution in [0.15, 0.2) is 206 Å². The fourth-order valence-electron chi connectivity index (χ4n) is 7.34. The van der Waals surface area contributed by atoms with E-state index in [0.29, 0.717) is 0 Å². The van der Waals surface area contributed by atoms with E-state index in [0.717, 1.165) is 34.1 Å². The van der Waals surface area contributed by atoms with Crippen molar-refractivity contribution in [3.8, 4) is 11.1 Å². The SMILES string of the molecule is c1ccc(N(c2ccccc2)c2cccc3c(N(c4ccccc4)c4ccc(-c5cc6ccccc6c6ccccc56)cc4)cccc23)cc1. The summed E-state index contributed by atoms with van der Waals surface area (Å²) in [5.74, 6) is 0. The van der Waals surface area contributed by atoms with Gasteiger partial charge < -0.3 is 9.80 Å². The zero-order chi connectivity index (χ0) is 33.3. The quantitative estimate of drug-likeness (QED) is 0.160. The van der Waals surface area contributed by atoms with Crippen molar-refractivity contribution in [2.24, 2.45) is 0 Å². The van der Waals surface area contributed by atoms with Gasteiger partial charge in [0.2, 0.25) is 0 Å². The van der Waals surface area contributed by atoms with Crippen LogP contribution in [0.5, 0.6) is 0 Å². The minimum atomic E-state index is 1.10. The monoisotopic (exact) mass is 638 g/mol. The van der Waals surface area contributed by atoms with E-state index < -0.39 is 0 Å². The molecule has 0 saturated carbocycles. The molecule has 50 heavy (non-hydrogen) atoms. The van der Waals surface area contributed by atoms with Crippen molar-refractivity contribution < 1.29 is 0 Å². The van der Waals surface area contributed by atoms with Crippen molar-refractivity contribution in [3.63, 3.8) is 0 Å². The highest BCUT2D eigenvalue weighted by molar-refractivity contribution is 6.14. The predicted molar refractivity (Wildman–Crippen MR) is 214 cm³/mol. The molecule has 0 heterocycles. The molecule has 0 aliphatic rings. The molecule has 0 spiro atoms. The van der Waals surface area contributed by atoms with Gasteiger partial charge in [0, 0.05) is 33.5 Å². The Morgan fingerprint density at radius 3 is 1.18 bits per heavy atom. The predicted octanol–water partition coefficient (Wildman–Crippen LogP) is 13.8. The second-order valence-electron chi connectivity index (χ2n) is 12.6. The molecular weight excluding hydrogens is 605 g/mol. The molecule has 0 unspecified atom stereocenters. The fourth-order valence-corrected chi connectivity index (χ4v) is 7.34. The maximum atomic E-state index is 2.38. The summed E-state index contributed by atoms with van der Waals surface area (Å²) in [5, 5.41) is 7.44. The van der Waals surface area contributed by atoms with Gasteiger partial charge in [-0.1, -0.05) is 140 Å².